The maximum absolute atomic E-state index is 10.2. The molecule has 0 aliphatic carbocycles. The first-order chi connectivity index (χ1) is 7.16. The zero-order valence-corrected chi connectivity index (χ0v) is 10.1. The van der Waals surface area contributed by atoms with Crippen molar-refractivity contribution in [1.29, 1.82) is 0 Å². The molecule has 15 heavy (non-hydrogen) atoms. The van der Waals surface area contributed by atoms with Gasteiger partial charge in [0.15, 0.2) is 0 Å². The average molecular weight is 269 g/mol. The fourth-order valence-electron chi connectivity index (χ4n) is 1.30. The van der Waals surface area contributed by atoms with Gasteiger partial charge in [-0.1, -0.05) is 28.1 Å². The van der Waals surface area contributed by atoms with Gasteiger partial charge < -0.3 is 9.84 Å². The van der Waals surface area contributed by atoms with Crippen molar-refractivity contribution in [3.8, 4) is 18.1 Å². The molecule has 1 rings (SSSR count). The molecule has 1 aromatic rings. The maximum atomic E-state index is 10.2. The maximum Gasteiger partial charge on any atom is 0.118 e. The minimum Gasteiger partial charge on any atom is -0.497 e. The van der Waals surface area contributed by atoms with E-state index in [9.17, 15) is 5.11 Å². The number of aliphatic hydroxyl groups is 1. The smallest absolute Gasteiger partial charge is 0.118 e. The zero-order valence-electron chi connectivity index (χ0n) is 8.53. The normalized spacial score (nSPS) is 14.0. The first-order valence-electron chi connectivity index (χ1n) is 4.52. The molecule has 0 heterocycles. The van der Waals surface area contributed by atoms with Crippen LogP contribution < -0.4 is 4.74 Å². The third-order valence-corrected chi connectivity index (χ3v) is 3.17. The van der Waals surface area contributed by atoms with Gasteiger partial charge in [-0.25, -0.2) is 0 Å². The molecule has 0 radical (unpaired) electrons. The SMILES string of the molecule is C#CCC(O)(CBr)c1ccc(OC)cc1. The molecule has 0 saturated heterocycles. The molecule has 0 spiro atoms. The molecular formula is C12H13BrO2. The predicted octanol–water partition coefficient (Wildman–Crippen LogP) is 2.30. The van der Waals surface area contributed by atoms with Crippen LogP contribution in [-0.2, 0) is 5.60 Å². The lowest BCUT2D eigenvalue weighted by atomic mass is 9.93. The van der Waals surface area contributed by atoms with E-state index in [2.05, 4.69) is 21.9 Å². The lowest BCUT2D eigenvalue weighted by Gasteiger charge is -2.24. The number of methoxy groups -OCH3 is 1. The van der Waals surface area contributed by atoms with Crippen LogP contribution in [0.25, 0.3) is 0 Å². The van der Waals surface area contributed by atoms with Crippen LogP contribution in [0, 0.1) is 12.3 Å². The van der Waals surface area contributed by atoms with Crippen molar-refractivity contribution in [2.45, 2.75) is 12.0 Å². The predicted molar refractivity (Wildman–Crippen MR) is 64.1 cm³/mol. The van der Waals surface area contributed by atoms with Crippen LogP contribution in [0.5, 0.6) is 5.75 Å². The monoisotopic (exact) mass is 268 g/mol. The number of terminal acetylenes is 1. The second-order valence-electron chi connectivity index (χ2n) is 3.27. The summed E-state index contributed by atoms with van der Waals surface area (Å²) in [7, 11) is 1.60. The summed E-state index contributed by atoms with van der Waals surface area (Å²) in [6, 6.07) is 7.24. The summed E-state index contributed by atoms with van der Waals surface area (Å²) >= 11 is 3.27. The van der Waals surface area contributed by atoms with E-state index in [1.54, 1.807) is 19.2 Å². The van der Waals surface area contributed by atoms with Crippen molar-refractivity contribution >= 4 is 15.9 Å². The van der Waals surface area contributed by atoms with Crippen LogP contribution >= 0.6 is 15.9 Å². The van der Waals surface area contributed by atoms with E-state index < -0.39 is 5.60 Å². The molecule has 0 saturated carbocycles. The van der Waals surface area contributed by atoms with Gasteiger partial charge in [0, 0.05) is 11.8 Å². The number of ether oxygens (including phenoxy) is 1. The fourth-order valence-corrected chi connectivity index (χ4v) is 1.82. The number of hydrogen-bond donors (Lipinski definition) is 1. The van der Waals surface area contributed by atoms with Gasteiger partial charge in [0.25, 0.3) is 0 Å². The molecule has 2 nitrogen and oxygen atoms in total. The number of benzene rings is 1. The summed E-state index contributed by atoms with van der Waals surface area (Å²) in [5.41, 5.74) is -0.209. The summed E-state index contributed by atoms with van der Waals surface area (Å²) in [6.45, 7) is 0. The second kappa shape index (κ2) is 5.20. The van der Waals surface area contributed by atoms with Gasteiger partial charge in [-0.3, -0.25) is 0 Å². The lowest BCUT2D eigenvalue weighted by molar-refractivity contribution is 0.0696. The first-order valence-corrected chi connectivity index (χ1v) is 5.65. The molecule has 1 N–H and O–H groups in total. The standard InChI is InChI=1S/C12H13BrO2/c1-3-8-12(14,9-13)10-4-6-11(15-2)7-5-10/h1,4-7,14H,8-9H2,2H3. The Morgan fingerprint density at radius 2 is 2.07 bits per heavy atom. The summed E-state index contributed by atoms with van der Waals surface area (Å²) in [5.74, 6) is 3.24. The molecule has 80 valence electrons. The molecule has 0 aliphatic rings. The quantitative estimate of drug-likeness (QED) is 0.671. The highest BCUT2D eigenvalue weighted by Crippen LogP contribution is 2.28. The highest BCUT2D eigenvalue weighted by atomic mass is 79.9. The third kappa shape index (κ3) is 2.74. The highest BCUT2D eigenvalue weighted by Gasteiger charge is 2.26. The molecule has 0 aromatic heterocycles. The van der Waals surface area contributed by atoms with Crippen molar-refractivity contribution in [2.24, 2.45) is 0 Å². The molecule has 0 bridgehead atoms. The third-order valence-electron chi connectivity index (χ3n) is 2.24. The van der Waals surface area contributed by atoms with Crippen molar-refractivity contribution in [1.82, 2.24) is 0 Å². The van der Waals surface area contributed by atoms with E-state index in [0.29, 0.717) is 5.33 Å². The Kier molecular flexibility index (Phi) is 4.19. The Bertz CT molecular complexity index is 353. The second-order valence-corrected chi connectivity index (χ2v) is 3.84. The molecule has 1 unspecified atom stereocenters. The van der Waals surface area contributed by atoms with Gasteiger partial charge >= 0.3 is 0 Å². The van der Waals surface area contributed by atoms with Crippen LogP contribution in [0.15, 0.2) is 24.3 Å². The van der Waals surface area contributed by atoms with Crippen LogP contribution in [-0.4, -0.2) is 17.5 Å². The van der Waals surface area contributed by atoms with Crippen molar-refractivity contribution < 1.29 is 9.84 Å². The van der Waals surface area contributed by atoms with Crippen molar-refractivity contribution in [3.05, 3.63) is 29.8 Å². The summed E-state index contributed by atoms with van der Waals surface area (Å²) in [4.78, 5) is 0. The number of rotatable bonds is 4. The van der Waals surface area contributed by atoms with Gasteiger partial charge in [0.1, 0.15) is 11.4 Å². The average Bonchev–Trinajstić information content (AvgIpc) is 2.29. The number of hydrogen-bond acceptors (Lipinski definition) is 2. The van der Waals surface area contributed by atoms with Crippen LogP contribution in [0.4, 0.5) is 0 Å². The lowest BCUT2D eigenvalue weighted by Crippen LogP contribution is -2.26. The fraction of sp³-hybridized carbons (Fsp3) is 0.333. The van der Waals surface area contributed by atoms with Crippen LogP contribution in [0.1, 0.15) is 12.0 Å². The van der Waals surface area contributed by atoms with Gasteiger partial charge in [0.05, 0.1) is 7.11 Å². The molecule has 0 aliphatic heterocycles. The van der Waals surface area contributed by atoms with E-state index in [1.165, 1.54) is 0 Å². The summed E-state index contributed by atoms with van der Waals surface area (Å²) < 4.78 is 5.04. The highest BCUT2D eigenvalue weighted by molar-refractivity contribution is 9.09. The molecule has 0 fully saturated rings. The Labute approximate surface area is 98.4 Å². The van der Waals surface area contributed by atoms with E-state index in [0.717, 1.165) is 11.3 Å². The van der Waals surface area contributed by atoms with Gasteiger partial charge in [-0.05, 0) is 17.7 Å². The summed E-state index contributed by atoms with van der Waals surface area (Å²) in [5, 5.41) is 10.6. The van der Waals surface area contributed by atoms with Gasteiger partial charge in [-0.2, -0.15) is 0 Å². The van der Waals surface area contributed by atoms with Gasteiger partial charge in [-0.15, -0.1) is 12.3 Å². The van der Waals surface area contributed by atoms with E-state index in [1.807, 2.05) is 12.1 Å². The van der Waals surface area contributed by atoms with Crippen molar-refractivity contribution in [3.63, 3.8) is 0 Å². The minimum atomic E-state index is -0.999. The topological polar surface area (TPSA) is 29.5 Å². The Morgan fingerprint density at radius 3 is 2.47 bits per heavy atom. The molecule has 3 heteroatoms. The first kappa shape index (κ1) is 12.1. The van der Waals surface area contributed by atoms with E-state index >= 15 is 0 Å². The molecular weight excluding hydrogens is 256 g/mol. The molecule has 1 aromatic carbocycles. The molecule has 0 amide bonds. The van der Waals surface area contributed by atoms with E-state index in [-0.39, 0.29) is 6.42 Å². The Hall–Kier alpha value is -0.980. The number of halogens is 1. The number of alkyl halides is 1. The Balaban J connectivity index is 2.98. The Morgan fingerprint density at radius 1 is 1.47 bits per heavy atom. The van der Waals surface area contributed by atoms with Gasteiger partial charge in [0.2, 0.25) is 0 Å². The minimum absolute atomic E-state index is 0.282. The summed E-state index contributed by atoms with van der Waals surface area (Å²) in [6.07, 6.45) is 5.51. The largest absolute Gasteiger partial charge is 0.497 e. The van der Waals surface area contributed by atoms with E-state index in [4.69, 9.17) is 11.2 Å². The van der Waals surface area contributed by atoms with Crippen LogP contribution in [0.3, 0.4) is 0 Å². The zero-order chi connectivity index (χ0) is 11.3. The molecule has 1 atom stereocenters. The van der Waals surface area contributed by atoms with Crippen LogP contribution in [0.2, 0.25) is 0 Å². The van der Waals surface area contributed by atoms with Crippen molar-refractivity contribution in [2.75, 3.05) is 12.4 Å².